The molecule has 1 N–H and O–H groups in total. The molecule has 0 aromatic rings. The molecule has 19 heavy (non-hydrogen) atoms. The minimum atomic E-state index is -3.18. The van der Waals surface area contributed by atoms with Gasteiger partial charge in [0.2, 0.25) is 0 Å². The van der Waals surface area contributed by atoms with Gasteiger partial charge >= 0.3 is 15.8 Å². The molecule has 1 rings (SSSR count). The predicted octanol–water partition coefficient (Wildman–Crippen LogP) is 3.06. The third-order valence-electron chi connectivity index (χ3n) is 3.64. The van der Waals surface area contributed by atoms with E-state index < -0.39 is 40.9 Å². The van der Waals surface area contributed by atoms with E-state index in [-0.39, 0.29) is 0 Å². The monoisotopic (exact) mass is 339 g/mol. The van der Waals surface area contributed by atoms with Crippen LogP contribution in [0.4, 0.5) is 8.42 Å². The van der Waals surface area contributed by atoms with Crippen molar-refractivity contribution in [3.8, 4) is 0 Å². The Kier molecular flexibility index (Phi) is 4.52. The minimum absolute atomic E-state index is 1.32. The lowest BCUT2D eigenvalue weighted by Crippen LogP contribution is -2.90. The van der Waals surface area contributed by atoms with E-state index in [2.05, 4.69) is 54.6 Å². The van der Waals surface area contributed by atoms with E-state index in [9.17, 15) is 8.42 Å². The molecule has 10 heteroatoms. The molecule has 0 atom stereocenters. The average molecular weight is 339 g/mol. The van der Waals surface area contributed by atoms with E-state index in [4.69, 9.17) is 0 Å². The number of hydrogen-bond donors (Lipinski definition) is 1. The second-order valence-corrected chi connectivity index (χ2v) is 25.5. The van der Waals surface area contributed by atoms with E-state index >= 15 is 0 Å². The molecule has 0 bridgehead atoms. The summed E-state index contributed by atoms with van der Waals surface area (Å²) in [5.74, 6) is 0. The highest BCUT2D eigenvalue weighted by Crippen LogP contribution is 2.35. The van der Waals surface area contributed by atoms with Crippen LogP contribution in [0, 0.1) is 0 Å². The summed E-state index contributed by atoms with van der Waals surface area (Å²) < 4.78 is 33.4. The van der Waals surface area contributed by atoms with E-state index in [1.165, 1.54) is 0 Å². The van der Waals surface area contributed by atoms with Crippen molar-refractivity contribution in [1.29, 1.82) is 0 Å². The Morgan fingerprint density at radius 2 is 1.42 bits per heavy atom. The van der Waals surface area contributed by atoms with Crippen molar-refractivity contribution in [3.05, 3.63) is 0 Å². The molecule has 0 aliphatic carbocycles. The highest BCUT2D eigenvalue weighted by Gasteiger charge is 2.62. The van der Waals surface area contributed by atoms with E-state index in [1.54, 1.807) is 17.2 Å². The standard InChI is InChI=1S/C9H28BF2N3Si4/c1-16(2,3)15-18(6,7)13-10(11)14(17(4,5)12)19(15,8)9/h13H,1-9H3. The lowest BCUT2D eigenvalue weighted by Gasteiger charge is -2.62. The summed E-state index contributed by atoms with van der Waals surface area (Å²) in [7, 11) is -10.4. The molecule has 0 amide bonds. The van der Waals surface area contributed by atoms with Gasteiger partial charge in [0.15, 0.2) is 16.8 Å². The summed E-state index contributed by atoms with van der Waals surface area (Å²) in [6, 6.07) is 0. The quantitative estimate of drug-likeness (QED) is 0.616. The Balaban J connectivity index is 3.37. The van der Waals surface area contributed by atoms with Gasteiger partial charge in [-0.3, -0.25) is 8.42 Å². The lowest BCUT2D eigenvalue weighted by atomic mass is 10.2. The van der Waals surface area contributed by atoms with Gasteiger partial charge in [0.1, 0.15) is 8.24 Å². The zero-order valence-corrected chi connectivity index (χ0v) is 17.7. The Bertz CT molecular complexity index is 356. The molecule has 0 aromatic heterocycles. The summed E-state index contributed by atoms with van der Waals surface area (Å²) in [6.45, 7) is 18.6. The third-order valence-corrected chi connectivity index (χ3v) is 24.8. The Labute approximate surface area is 121 Å². The first-order chi connectivity index (χ1) is 8.12. The highest BCUT2D eigenvalue weighted by molar-refractivity contribution is 7.12. The van der Waals surface area contributed by atoms with Crippen LogP contribution in [0.2, 0.25) is 58.9 Å². The minimum Gasteiger partial charge on any atom is -0.346 e. The normalized spacial score (nSPS) is 25.7. The van der Waals surface area contributed by atoms with Gasteiger partial charge in [-0.1, -0.05) is 19.6 Å². The van der Waals surface area contributed by atoms with Gasteiger partial charge in [-0.2, -0.15) is 0 Å². The molecule has 0 spiro atoms. The number of rotatable bonds is 2. The molecule has 0 aromatic carbocycles. The Morgan fingerprint density at radius 1 is 1.00 bits per heavy atom. The van der Waals surface area contributed by atoms with Crippen LogP contribution >= 0.6 is 0 Å². The van der Waals surface area contributed by atoms with Crippen LogP contribution in [-0.4, -0.2) is 48.9 Å². The zero-order chi connectivity index (χ0) is 15.4. The maximum atomic E-state index is 14.7. The van der Waals surface area contributed by atoms with E-state index in [1.807, 2.05) is 0 Å². The average Bonchev–Trinajstić information content (AvgIpc) is 1.88. The van der Waals surface area contributed by atoms with Crippen molar-refractivity contribution in [2.45, 2.75) is 58.9 Å². The Hall–Kier alpha value is 0.672. The van der Waals surface area contributed by atoms with Gasteiger partial charge in [-0.25, -0.2) is 0 Å². The fraction of sp³-hybridized carbons (Fsp3) is 1.00. The molecule has 3 nitrogen and oxygen atoms in total. The number of nitrogens with one attached hydrogen (secondary N) is 1. The van der Waals surface area contributed by atoms with Crippen molar-refractivity contribution < 1.29 is 8.42 Å². The molecule has 1 saturated heterocycles. The first kappa shape index (κ1) is 17.7. The first-order valence-corrected chi connectivity index (χ1v) is 18.9. The van der Waals surface area contributed by atoms with Crippen molar-refractivity contribution in [2.24, 2.45) is 0 Å². The molecule has 1 aliphatic heterocycles. The molecule has 1 aliphatic rings. The first-order valence-electron chi connectivity index (χ1n) is 6.82. The Morgan fingerprint density at radius 3 is 1.74 bits per heavy atom. The van der Waals surface area contributed by atoms with Gasteiger partial charge in [-0.15, -0.1) is 0 Å². The fourth-order valence-corrected chi connectivity index (χ4v) is 32.5. The zero-order valence-electron chi connectivity index (χ0n) is 13.7. The van der Waals surface area contributed by atoms with Gasteiger partial charge in [0.05, 0.1) is 0 Å². The summed E-state index contributed by atoms with van der Waals surface area (Å²) >= 11 is 0. The summed E-state index contributed by atoms with van der Waals surface area (Å²) in [5, 5.41) is 0. The number of halogens is 2. The molecule has 1 heterocycles. The van der Waals surface area contributed by atoms with Gasteiger partial charge < -0.3 is 12.9 Å². The topological polar surface area (TPSA) is 18.5 Å². The van der Waals surface area contributed by atoms with Crippen LogP contribution in [0.5, 0.6) is 0 Å². The van der Waals surface area contributed by atoms with Crippen molar-refractivity contribution in [2.75, 3.05) is 0 Å². The van der Waals surface area contributed by atoms with Crippen LogP contribution in [-0.2, 0) is 0 Å². The maximum Gasteiger partial charge on any atom is 0.501 e. The van der Waals surface area contributed by atoms with Crippen molar-refractivity contribution in [3.63, 3.8) is 0 Å². The van der Waals surface area contributed by atoms with Gasteiger partial charge in [-0.05, 0) is 39.3 Å². The SMILES string of the molecule is C[Si](C)(C)N1[Si](C)(C)NB(F)N([Si](C)(C)F)[Si]1(C)C. The third kappa shape index (κ3) is 3.30. The molecule has 0 unspecified atom stereocenters. The summed E-state index contributed by atoms with van der Waals surface area (Å²) in [6.07, 6.45) is 0. The largest absolute Gasteiger partial charge is 0.501 e. The second kappa shape index (κ2) is 4.85. The lowest BCUT2D eigenvalue weighted by molar-refractivity contribution is 0.584. The molecular weight excluding hydrogens is 311 g/mol. The molecule has 1 fully saturated rings. The predicted molar refractivity (Wildman–Crippen MR) is 90.6 cm³/mol. The maximum absolute atomic E-state index is 14.7. The fourth-order valence-electron chi connectivity index (χ4n) is 4.07. The highest BCUT2D eigenvalue weighted by atomic mass is 28.5. The van der Waals surface area contributed by atoms with E-state index in [0.717, 1.165) is 0 Å². The van der Waals surface area contributed by atoms with Crippen LogP contribution in [0.1, 0.15) is 0 Å². The molecule has 112 valence electrons. The number of nitrogens with zero attached hydrogens (tertiary/aromatic N) is 2. The molecule has 0 saturated carbocycles. The smallest absolute Gasteiger partial charge is 0.346 e. The van der Waals surface area contributed by atoms with Crippen molar-refractivity contribution >= 4 is 40.9 Å². The molecular formula is C9H28BF2N3Si4. The number of hydrogen-bond acceptors (Lipinski definition) is 3. The molecule has 0 radical (unpaired) electrons. The van der Waals surface area contributed by atoms with Crippen molar-refractivity contribution in [1.82, 2.24) is 12.9 Å². The van der Waals surface area contributed by atoms with E-state index in [0.29, 0.717) is 0 Å². The van der Waals surface area contributed by atoms with Crippen LogP contribution in [0.25, 0.3) is 0 Å². The second-order valence-electron chi connectivity index (χ2n) is 7.82. The van der Waals surface area contributed by atoms with Gasteiger partial charge in [0.25, 0.3) is 0 Å². The van der Waals surface area contributed by atoms with Crippen LogP contribution < -0.4 is 4.89 Å². The van der Waals surface area contributed by atoms with Gasteiger partial charge in [0, 0.05) is 0 Å². The van der Waals surface area contributed by atoms with Crippen LogP contribution in [0.15, 0.2) is 0 Å². The summed E-state index contributed by atoms with van der Waals surface area (Å²) in [5.41, 5.74) is 0. The summed E-state index contributed by atoms with van der Waals surface area (Å²) in [4.78, 5) is 3.11. The van der Waals surface area contributed by atoms with Crippen LogP contribution in [0.3, 0.4) is 0 Å².